The Bertz CT molecular complexity index is 1000. The number of ether oxygens (including phenoxy) is 2. The first kappa shape index (κ1) is 17.3. The molecule has 3 heterocycles. The van der Waals surface area contributed by atoms with Gasteiger partial charge in [-0.05, 0) is 30.5 Å². The van der Waals surface area contributed by atoms with Gasteiger partial charge in [-0.2, -0.15) is 0 Å². The van der Waals surface area contributed by atoms with E-state index < -0.39 is 0 Å². The number of rotatable bonds is 4. The lowest BCUT2D eigenvalue weighted by atomic mass is 9.76. The van der Waals surface area contributed by atoms with E-state index in [1.165, 1.54) is 16.6 Å². The first-order chi connectivity index (χ1) is 13.7. The zero-order chi connectivity index (χ0) is 19.1. The van der Waals surface area contributed by atoms with Crippen LogP contribution in [0.4, 0.5) is 0 Å². The molecule has 0 saturated carbocycles. The molecule has 1 amide bonds. The van der Waals surface area contributed by atoms with Crippen molar-refractivity contribution in [2.75, 3.05) is 20.3 Å². The predicted molar refractivity (Wildman–Crippen MR) is 105 cm³/mol. The number of piperidine rings is 1. The van der Waals surface area contributed by atoms with Gasteiger partial charge in [-0.3, -0.25) is 4.79 Å². The molecule has 6 heteroatoms. The van der Waals surface area contributed by atoms with Crippen molar-refractivity contribution in [3.8, 4) is 5.88 Å². The Balaban J connectivity index is 1.56. The number of likely N-dealkylation sites (tertiary alicyclic amines) is 1. The fourth-order valence-electron chi connectivity index (χ4n) is 4.74. The molecule has 6 nitrogen and oxygen atoms in total. The second kappa shape index (κ2) is 6.95. The maximum atomic E-state index is 12.7. The van der Waals surface area contributed by atoms with Crippen LogP contribution in [0.3, 0.4) is 0 Å². The van der Waals surface area contributed by atoms with Crippen molar-refractivity contribution < 1.29 is 14.3 Å². The Morgan fingerprint density at radius 2 is 2.11 bits per heavy atom. The number of fused-ring (bicyclic) bond motifs is 6. The minimum absolute atomic E-state index is 0.0175. The number of benzene rings is 1. The van der Waals surface area contributed by atoms with Crippen molar-refractivity contribution in [3.63, 3.8) is 0 Å². The third-order valence-electron chi connectivity index (χ3n) is 5.95. The normalized spacial score (nSPS) is 23.5. The van der Waals surface area contributed by atoms with Crippen LogP contribution in [0.25, 0.3) is 10.9 Å². The molecule has 1 aromatic carbocycles. The van der Waals surface area contributed by atoms with Crippen LogP contribution in [0, 0.1) is 0 Å². The number of methoxy groups -OCH3 is 1. The van der Waals surface area contributed by atoms with Gasteiger partial charge in [-0.25, -0.2) is 4.98 Å². The fourth-order valence-corrected chi connectivity index (χ4v) is 4.74. The van der Waals surface area contributed by atoms with Gasteiger partial charge in [-0.15, -0.1) is 0 Å². The van der Waals surface area contributed by atoms with E-state index in [2.05, 4.69) is 28.2 Å². The van der Waals surface area contributed by atoms with Gasteiger partial charge in [0.2, 0.25) is 11.8 Å². The smallest absolute Gasteiger partial charge is 0.248 e. The minimum Gasteiger partial charge on any atom is -0.472 e. The molecule has 2 bridgehead atoms. The van der Waals surface area contributed by atoms with Gasteiger partial charge in [0.25, 0.3) is 0 Å². The van der Waals surface area contributed by atoms with Crippen LogP contribution in [-0.2, 0) is 16.0 Å². The highest BCUT2D eigenvalue weighted by atomic mass is 16.5. The number of aromatic nitrogens is 2. The van der Waals surface area contributed by atoms with E-state index in [4.69, 9.17) is 9.47 Å². The fraction of sp³-hybridized carbons (Fsp3) is 0.364. The number of aromatic amines is 1. The summed E-state index contributed by atoms with van der Waals surface area (Å²) in [4.78, 5) is 22.6. The number of pyridine rings is 1. The molecule has 1 aliphatic carbocycles. The average Bonchev–Trinajstić information content (AvgIpc) is 3.09. The number of carbonyl (C=O) groups is 1. The zero-order valence-corrected chi connectivity index (χ0v) is 15.8. The molecule has 2 aliphatic rings. The largest absolute Gasteiger partial charge is 0.472 e. The summed E-state index contributed by atoms with van der Waals surface area (Å²) in [6, 6.07) is 14.2. The summed E-state index contributed by atoms with van der Waals surface area (Å²) < 4.78 is 11.4. The van der Waals surface area contributed by atoms with Gasteiger partial charge in [0.15, 0.2) is 0 Å². The van der Waals surface area contributed by atoms with Crippen LogP contribution in [0.15, 0.2) is 48.7 Å². The van der Waals surface area contributed by atoms with Crippen LogP contribution in [0.5, 0.6) is 5.88 Å². The molecule has 144 valence electrons. The second-order valence-electron chi connectivity index (χ2n) is 7.57. The highest BCUT2D eigenvalue weighted by molar-refractivity contribution is 5.86. The van der Waals surface area contributed by atoms with Gasteiger partial charge >= 0.3 is 0 Å². The van der Waals surface area contributed by atoms with E-state index >= 15 is 0 Å². The molecular formula is C22H23N3O3. The third kappa shape index (κ3) is 2.85. The van der Waals surface area contributed by atoms with E-state index in [9.17, 15) is 4.79 Å². The lowest BCUT2D eigenvalue weighted by molar-refractivity contribution is -0.142. The summed E-state index contributed by atoms with van der Waals surface area (Å²) in [5.41, 5.74) is 3.70. The number of hydrogen-bond donors (Lipinski definition) is 1. The summed E-state index contributed by atoms with van der Waals surface area (Å²) in [5, 5.41) is 1.24. The molecule has 0 radical (unpaired) electrons. The third-order valence-corrected chi connectivity index (χ3v) is 5.95. The van der Waals surface area contributed by atoms with Crippen molar-refractivity contribution in [1.82, 2.24) is 14.9 Å². The molecule has 0 spiro atoms. The average molecular weight is 377 g/mol. The van der Waals surface area contributed by atoms with Gasteiger partial charge < -0.3 is 19.4 Å². The highest BCUT2D eigenvalue weighted by Gasteiger charge is 2.45. The van der Waals surface area contributed by atoms with Crippen molar-refractivity contribution in [2.45, 2.75) is 30.9 Å². The lowest BCUT2D eigenvalue weighted by Crippen LogP contribution is -2.56. The molecule has 1 aliphatic heterocycles. The van der Waals surface area contributed by atoms with Crippen LogP contribution in [0.1, 0.15) is 23.6 Å². The Kier molecular flexibility index (Phi) is 4.28. The van der Waals surface area contributed by atoms with Gasteiger partial charge in [0.05, 0.1) is 6.54 Å². The van der Waals surface area contributed by atoms with Crippen molar-refractivity contribution in [1.29, 1.82) is 0 Å². The summed E-state index contributed by atoms with van der Waals surface area (Å²) >= 11 is 0. The number of nitrogens with one attached hydrogen (secondary N) is 1. The monoisotopic (exact) mass is 377 g/mol. The Morgan fingerprint density at radius 3 is 2.93 bits per heavy atom. The molecule has 2 aromatic heterocycles. The van der Waals surface area contributed by atoms with E-state index in [1.807, 2.05) is 29.2 Å². The van der Waals surface area contributed by atoms with Crippen molar-refractivity contribution in [2.24, 2.45) is 0 Å². The van der Waals surface area contributed by atoms with E-state index in [0.29, 0.717) is 12.4 Å². The highest BCUT2D eigenvalue weighted by Crippen LogP contribution is 2.43. The maximum Gasteiger partial charge on any atom is 0.248 e. The molecule has 5 rings (SSSR count). The Morgan fingerprint density at radius 1 is 1.25 bits per heavy atom. The summed E-state index contributed by atoms with van der Waals surface area (Å²) in [6.45, 7) is 0.640. The first-order valence-electron chi connectivity index (χ1n) is 9.70. The van der Waals surface area contributed by atoms with E-state index in [1.54, 1.807) is 13.3 Å². The molecule has 28 heavy (non-hydrogen) atoms. The first-order valence-corrected chi connectivity index (χ1v) is 9.70. The Labute approximate surface area is 163 Å². The van der Waals surface area contributed by atoms with Crippen molar-refractivity contribution >= 4 is 16.8 Å². The number of amides is 1. The summed E-state index contributed by atoms with van der Waals surface area (Å²) in [6.07, 6.45) is 3.32. The number of H-pyrrole nitrogens is 1. The van der Waals surface area contributed by atoms with Gasteiger partial charge in [0.1, 0.15) is 12.7 Å². The molecule has 0 unspecified atom stereocenters. The number of hydrogen-bond acceptors (Lipinski definition) is 4. The molecule has 1 fully saturated rings. The van der Waals surface area contributed by atoms with Gasteiger partial charge in [0, 0.05) is 47.9 Å². The quantitative estimate of drug-likeness (QED) is 0.759. The van der Waals surface area contributed by atoms with Gasteiger partial charge in [-0.1, -0.05) is 24.3 Å². The second-order valence-corrected chi connectivity index (χ2v) is 7.57. The lowest BCUT2D eigenvalue weighted by Gasteiger charge is -2.46. The van der Waals surface area contributed by atoms with Crippen molar-refractivity contribution in [3.05, 3.63) is 59.9 Å². The molecule has 3 aromatic rings. The maximum absolute atomic E-state index is 12.7. The van der Waals surface area contributed by atoms with Crippen LogP contribution >= 0.6 is 0 Å². The van der Waals surface area contributed by atoms with E-state index in [0.717, 1.165) is 18.4 Å². The predicted octanol–water partition coefficient (Wildman–Crippen LogP) is 2.90. The number of carbonyl (C=O) groups excluding carboxylic acids is 1. The molecule has 3 atom stereocenters. The SMILES string of the molecule is COCC(=O)N1C[C@H](Oc2ccccn2)[C@H]2C[C@@H]1Cc1c2[nH]c2ccccc12. The Hall–Kier alpha value is -2.86. The molecule has 1 saturated heterocycles. The van der Waals surface area contributed by atoms with Crippen LogP contribution < -0.4 is 4.74 Å². The summed E-state index contributed by atoms with van der Waals surface area (Å²) in [5.74, 6) is 0.812. The topological polar surface area (TPSA) is 67.4 Å². The molecular weight excluding hydrogens is 354 g/mol. The standard InChI is InChI=1S/C22H23N3O3/c1-27-13-21(26)25-12-19(28-20-8-4-5-9-23-20)17-11-14(25)10-16-15-6-2-3-7-18(15)24-22(16)17/h2-9,14,17,19,24H,10-13H2,1H3/t14-,17+,19-/m0/s1. The number of para-hydroxylation sites is 1. The summed E-state index contributed by atoms with van der Waals surface area (Å²) in [7, 11) is 1.56. The van der Waals surface area contributed by atoms with Crippen LogP contribution in [0.2, 0.25) is 0 Å². The minimum atomic E-state index is -0.154. The van der Waals surface area contributed by atoms with Crippen LogP contribution in [-0.4, -0.2) is 53.2 Å². The zero-order valence-electron chi connectivity index (χ0n) is 15.8. The number of nitrogens with zero attached hydrogens (tertiary/aromatic N) is 2. The van der Waals surface area contributed by atoms with E-state index in [-0.39, 0.29) is 30.6 Å². The molecule has 1 N–H and O–H groups in total.